The molecule has 33 nitrogen and oxygen atoms in total. The zero-order valence-corrected chi connectivity index (χ0v) is 51.1. The average Bonchev–Trinajstić information content (AvgIpc) is 3.50. The summed E-state index contributed by atoms with van der Waals surface area (Å²) < 4.78 is 0. The van der Waals surface area contributed by atoms with Crippen LogP contribution in [0.4, 0.5) is 0 Å². The third-order valence-electron chi connectivity index (χ3n) is 13.9. The van der Waals surface area contributed by atoms with E-state index in [-0.39, 0.29) is 75.3 Å². The van der Waals surface area contributed by atoms with Gasteiger partial charge < -0.3 is 96.5 Å². The van der Waals surface area contributed by atoms with Gasteiger partial charge in [-0.15, -0.1) is 0 Å². The molecule has 22 N–H and O–H groups in total. The summed E-state index contributed by atoms with van der Waals surface area (Å²) in [7, 11) is 0. The molecule has 0 fully saturated rings. The zero-order valence-electron chi connectivity index (χ0n) is 51.1. The molecule has 0 aliphatic carbocycles. The Hall–Kier alpha value is -8.85. The highest BCUT2D eigenvalue weighted by Crippen LogP contribution is 2.17. The Balaban J connectivity index is 2.36. The molecule has 0 saturated carbocycles. The number of primary amides is 1. The van der Waals surface area contributed by atoms with Gasteiger partial charge in [0.1, 0.15) is 66.5 Å². The van der Waals surface area contributed by atoms with Crippen LogP contribution in [0.5, 0.6) is 0 Å². The molecule has 496 valence electrons. The van der Waals surface area contributed by atoms with E-state index in [1.54, 1.807) is 50.4 Å². The number of unbranched alkanes of at least 4 members (excludes halogenated alkanes) is 1. The highest BCUT2D eigenvalue weighted by atomic mass is 16.4. The fraction of sp³-hybridized carbons (Fsp3) is 0.625. The zero-order chi connectivity index (χ0) is 67.2. The predicted octanol–water partition coefficient (Wildman–Crippen LogP) is -5.59. The summed E-state index contributed by atoms with van der Waals surface area (Å²) in [4.78, 5) is 180. The number of benzene rings is 1. The fourth-order valence-electron chi connectivity index (χ4n) is 8.78. The number of amides is 11. The van der Waals surface area contributed by atoms with Gasteiger partial charge >= 0.3 is 11.9 Å². The summed E-state index contributed by atoms with van der Waals surface area (Å²) in [5.74, 6) is -13.8. The number of carboxylic acids is 2. The number of aliphatic carboxylic acids is 2. The number of carboxylic acid groups (broad SMARTS) is 2. The molecule has 0 spiro atoms. The molecule has 11 amide bonds. The largest absolute Gasteiger partial charge is 0.481 e. The summed E-state index contributed by atoms with van der Waals surface area (Å²) in [6.45, 7) is 10.3. The second kappa shape index (κ2) is 38.4. The third kappa shape index (κ3) is 28.2. The SMILES string of the molecule is CC(C)C[C@H](NC(=O)[C@H](CCCCNC(=O)[C@@H]1N=CC[C@H]1C)NC(=O)[C@@H](N)[C@@H](C)O)C(=O)N[C@@H](CC(N)=O)C(=O)N[C@@H](C)C(=O)N[C@@H](Cc1ccccc1)C(=O)N[C@@H](CCCN=C(N)N)C(=O)N[C@@H](C)C(=O)N[C@H](C(=O)N[C@@H](CCC(=O)O)C(=O)O)[C@@H](C)O. The second-order valence-corrected chi connectivity index (χ2v) is 22.3. The van der Waals surface area contributed by atoms with E-state index >= 15 is 0 Å². The van der Waals surface area contributed by atoms with Crippen molar-refractivity contribution in [3.05, 3.63) is 35.9 Å². The van der Waals surface area contributed by atoms with Gasteiger partial charge in [-0.3, -0.25) is 67.5 Å². The molecular formula is C56H90N16O17. The maximum atomic E-state index is 14.3. The molecule has 1 aromatic carbocycles. The van der Waals surface area contributed by atoms with Crippen molar-refractivity contribution in [3.63, 3.8) is 0 Å². The van der Waals surface area contributed by atoms with Crippen LogP contribution in [-0.4, -0.2) is 201 Å². The number of nitrogens with two attached hydrogens (primary N) is 4. The van der Waals surface area contributed by atoms with Crippen LogP contribution in [0.3, 0.4) is 0 Å². The number of aliphatic hydroxyl groups is 2. The molecule has 2 rings (SSSR count). The first kappa shape index (κ1) is 76.2. The number of aliphatic hydroxyl groups excluding tert-OH is 2. The Morgan fingerprint density at radius 2 is 1.09 bits per heavy atom. The minimum atomic E-state index is -1.80. The molecule has 0 unspecified atom stereocenters. The number of guanidine groups is 1. The van der Waals surface area contributed by atoms with E-state index in [2.05, 4.69) is 63.2 Å². The lowest BCUT2D eigenvalue weighted by molar-refractivity contribution is -0.144. The third-order valence-corrected chi connectivity index (χ3v) is 13.9. The molecule has 1 aliphatic heterocycles. The van der Waals surface area contributed by atoms with E-state index in [4.69, 9.17) is 28.0 Å². The molecule has 89 heavy (non-hydrogen) atoms. The molecule has 14 atom stereocenters. The fourth-order valence-corrected chi connectivity index (χ4v) is 8.78. The quantitative estimate of drug-likeness (QED) is 0.0165. The predicted molar refractivity (Wildman–Crippen MR) is 321 cm³/mol. The van der Waals surface area contributed by atoms with Gasteiger partial charge in [0.05, 0.1) is 18.6 Å². The number of rotatable bonds is 40. The molecule has 1 heterocycles. The first-order valence-corrected chi connectivity index (χ1v) is 29.2. The monoisotopic (exact) mass is 1260 g/mol. The molecule has 0 aromatic heterocycles. The first-order valence-electron chi connectivity index (χ1n) is 29.2. The van der Waals surface area contributed by atoms with E-state index < -0.39 is 169 Å². The normalized spacial score (nSPS) is 17.5. The van der Waals surface area contributed by atoms with Gasteiger partial charge in [0.25, 0.3) is 0 Å². The van der Waals surface area contributed by atoms with Crippen molar-refractivity contribution in [2.75, 3.05) is 13.1 Å². The first-order chi connectivity index (χ1) is 41.7. The van der Waals surface area contributed by atoms with Crippen molar-refractivity contribution in [2.45, 2.75) is 198 Å². The number of hydrogen-bond donors (Lipinski definition) is 18. The van der Waals surface area contributed by atoms with Gasteiger partial charge in [0.2, 0.25) is 65.0 Å². The van der Waals surface area contributed by atoms with E-state index in [1.807, 2.05) is 6.92 Å². The lowest BCUT2D eigenvalue weighted by Gasteiger charge is -2.28. The number of nitrogens with one attached hydrogen (secondary N) is 10. The molecule has 1 aliphatic rings. The summed E-state index contributed by atoms with van der Waals surface area (Å²) in [5.41, 5.74) is 22.8. The van der Waals surface area contributed by atoms with Crippen molar-refractivity contribution in [1.82, 2.24) is 53.2 Å². The van der Waals surface area contributed by atoms with Crippen LogP contribution in [0, 0.1) is 11.8 Å². The van der Waals surface area contributed by atoms with Crippen LogP contribution < -0.4 is 76.1 Å². The number of carbonyl (C=O) groups is 13. The Morgan fingerprint density at radius 3 is 1.62 bits per heavy atom. The van der Waals surface area contributed by atoms with Crippen LogP contribution in [0.2, 0.25) is 0 Å². The highest BCUT2D eigenvalue weighted by molar-refractivity contribution is 5.99. The number of nitrogens with zero attached hydrogens (tertiary/aromatic N) is 2. The second-order valence-electron chi connectivity index (χ2n) is 22.3. The van der Waals surface area contributed by atoms with Crippen molar-refractivity contribution in [3.8, 4) is 0 Å². The van der Waals surface area contributed by atoms with Crippen molar-refractivity contribution in [1.29, 1.82) is 0 Å². The van der Waals surface area contributed by atoms with Gasteiger partial charge in [0, 0.05) is 32.1 Å². The molecular weight excluding hydrogens is 1170 g/mol. The van der Waals surface area contributed by atoms with Gasteiger partial charge in [-0.05, 0) is 96.5 Å². The lowest BCUT2D eigenvalue weighted by atomic mass is 10.0. The number of carbonyl (C=O) groups excluding carboxylic acids is 11. The Kier molecular flexibility index (Phi) is 32.9. The minimum Gasteiger partial charge on any atom is -0.481 e. The summed E-state index contributed by atoms with van der Waals surface area (Å²) in [6, 6.07) is -7.73. The lowest BCUT2D eigenvalue weighted by Crippen LogP contribution is -2.61. The maximum Gasteiger partial charge on any atom is 0.326 e. The van der Waals surface area contributed by atoms with Gasteiger partial charge in [-0.2, -0.15) is 0 Å². The molecule has 33 heteroatoms. The van der Waals surface area contributed by atoms with Crippen molar-refractivity contribution >= 4 is 89.1 Å². The van der Waals surface area contributed by atoms with Gasteiger partial charge in [-0.25, -0.2) is 4.79 Å². The van der Waals surface area contributed by atoms with Gasteiger partial charge in [-0.1, -0.05) is 51.1 Å². The minimum absolute atomic E-state index is 0.00992. The average molecular weight is 1260 g/mol. The van der Waals surface area contributed by atoms with Crippen molar-refractivity contribution in [2.24, 2.45) is 44.8 Å². The van der Waals surface area contributed by atoms with E-state index in [0.717, 1.165) is 6.92 Å². The summed E-state index contributed by atoms with van der Waals surface area (Å²) >= 11 is 0. The maximum absolute atomic E-state index is 14.3. The Bertz CT molecular complexity index is 2670. The number of aliphatic imine (C=N–C) groups is 2. The molecule has 0 radical (unpaired) electrons. The van der Waals surface area contributed by atoms with E-state index in [9.17, 15) is 77.6 Å². The van der Waals surface area contributed by atoms with Crippen LogP contribution in [-0.2, 0) is 68.7 Å². The van der Waals surface area contributed by atoms with E-state index in [1.165, 1.54) is 20.8 Å². The Morgan fingerprint density at radius 1 is 0.584 bits per heavy atom. The van der Waals surface area contributed by atoms with Gasteiger partial charge in [0.15, 0.2) is 5.96 Å². The van der Waals surface area contributed by atoms with Crippen LogP contribution >= 0.6 is 0 Å². The van der Waals surface area contributed by atoms with E-state index in [0.29, 0.717) is 18.4 Å². The summed E-state index contributed by atoms with van der Waals surface area (Å²) in [6.07, 6.45) is -2.30. The van der Waals surface area contributed by atoms with Crippen LogP contribution in [0.1, 0.15) is 118 Å². The number of hydrogen-bond acceptors (Lipinski definition) is 18. The Labute approximate surface area is 515 Å². The standard InChI is InChI=1S/C56H90N16O17/c1-27(2)24-37(70-48(81)34(67-52(85)42(58)31(6)73)16-11-12-21-62-53(86)43-28(3)20-23-61-43)50(83)71-39(26-40(57)75)49(82)65-29(4)45(78)69-38(25-33-14-9-8-10-15-33)51(84)66-35(17-13-22-63-56(59)60)47(80)64-30(5)46(79)72-44(32(7)74)54(87)68-36(55(88)89)18-19-41(76)77/h8-10,14-15,23,27-32,34-39,42-44,73-74H,11-13,16-22,24-26,58H2,1-7H3,(H2,57,75)(H,62,86)(H,64,80)(H,65,82)(H,66,84)(H,67,85)(H,68,87)(H,69,78)(H,70,81)(H,71,83)(H,72,79)(H,76,77)(H,88,89)(H4,59,60,63)/t28-,29+,30+,31-,32-,34+,35+,36+,37+,38+,39+,42+,43-,44+/m1/s1. The smallest absolute Gasteiger partial charge is 0.326 e. The molecule has 1 aromatic rings. The topological polar surface area (TPSA) is 552 Å². The van der Waals surface area contributed by atoms with Crippen LogP contribution in [0.15, 0.2) is 40.3 Å². The highest BCUT2D eigenvalue weighted by Gasteiger charge is 2.36. The molecule has 0 saturated heterocycles. The summed E-state index contributed by atoms with van der Waals surface area (Å²) in [5, 5.41) is 63.4. The van der Waals surface area contributed by atoms with Crippen molar-refractivity contribution < 1.29 is 82.8 Å². The molecule has 0 bridgehead atoms. The van der Waals surface area contributed by atoms with Crippen LogP contribution in [0.25, 0.3) is 0 Å².